The van der Waals surface area contributed by atoms with Gasteiger partial charge in [0.15, 0.2) is 5.13 Å². The highest BCUT2D eigenvalue weighted by atomic mass is 35.5. The first-order chi connectivity index (χ1) is 12.2. The van der Waals surface area contributed by atoms with E-state index in [0.29, 0.717) is 5.13 Å². The van der Waals surface area contributed by atoms with Crippen LogP contribution in [0.4, 0.5) is 5.13 Å². The predicted octanol–water partition coefficient (Wildman–Crippen LogP) is 5.21. The van der Waals surface area contributed by atoms with Gasteiger partial charge in [0.1, 0.15) is 5.38 Å². The van der Waals surface area contributed by atoms with E-state index < -0.39 is 5.38 Å². The fourth-order valence-electron chi connectivity index (χ4n) is 2.48. The van der Waals surface area contributed by atoms with E-state index in [4.69, 9.17) is 11.6 Å². The number of hydrogen-bond donors (Lipinski definition) is 1. The summed E-state index contributed by atoms with van der Waals surface area (Å²) in [6, 6.07) is 17.9. The minimum Gasteiger partial charge on any atom is -0.300 e. The van der Waals surface area contributed by atoms with E-state index >= 15 is 0 Å². The Bertz CT molecular complexity index is 830. The lowest BCUT2D eigenvalue weighted by molar-refractivity contribution is -0.116. The van der Waals surface area contributed by atoms with Crippen molar-refractivity contribution in [2.24, 2.45) is 0 Å². The van der Waals surface area contributed by atoms with Gasteiger partial charge in [0.2, 0.25) is 5.91 Å². The number of amides is 1. The molecular weight excluding hydrogens is 352 g/mol. The van der Waals surface area contributed by atoms with Crippen molar-refractivity contribution in [1.29, 1.82) is 0 Å². The Morgan fingerprint density at radius 1 is 1.12 bits per heavy atom. The van der Waals surface area contributed by atoms with Crippen molar-refractivity contribution in [3.63, 3.8) is 0 Å². The zero-order chi connectivity index (χ0) is 17.6. The summed E-state index contributed by atoms with van der Waals surface area (Å²) in [6.45, 7) is 2.15. The maximum atomic E-state index is 12.3. The van der Waals surface area contributed by atoms with Crippen LogP contribution >= 0.6 is 22.9 Å². The summed E-state index contributed by atoms with van der Waals surface area (Å²) in [5.41, 5.74) is 3.34. The van der Waals surface area contributed by atoms with Crippen LogP contribution in [-0.2, 0) is 17.6 Å². The molecule has 1 atom stereocenters. The number of carbonyl (C=O) groups is 1. The number of hydrogen-bond acceptors (Lipinski definition) is 3. The zero-order valence-electron chi connectivity index (χ0n) is 13.9. The van der Waals surface area contributed by atoms with Gasteiger partial charge >= 0.3 is 0 Å². The number of benzene rings is 2. The van der Waals surface area contributed by atoms with E-state index in [2.05, 4.69) is 41.5 Å². The number of thiazole rings is 1. The molecule has 1 amide bonds. The third-order valence-electron chi connectivity index (χ3n) is 3.92. The normalized spacial score (nSPS) is 11.9. The lowest BCUT2D eigenvalue weighted by Crippen LogP contribution is -2.17. The number of halogens is 1. The number of alkyl halides is 1. The highest BCUT2D eigenvalue weighted by Gasteiger charge is 2.18. The van der Waals surface area contributed by atoms with Crippen LogP contribution in [0.25, 0.3) is 0 Å². The third-order valence-corrected chi connectivity index (χ3v) is 5.28. The maximum absolute atomic E-state index is 12.3. The van der Waals surface area contributed by atoms with Crippen LogP contribution in [-0.4, -0.2) is 10.9 Å². The molecule has 128 valence electrons. The molecule has 1 heterocycles. The molecule has 3 nitrogen and oxygen atoms in total. The second-order valence-corrected chi connectivity index (χ2v) is 7.29. The van der Waals surface area contributed by atoms with Crippen molar-refractivity contribution in [3.8, 4) is 0 Å². The molecule has 3 aromatic rings. The van der Waals surface area contributed by atoms with Gasteiger partial charge in [-0.05, 0) is 23.1 Å². The van der Waals surface area contributed by atoms with Gasteiger partial charge in [-0.15, -0.1) is 22.9 Å². The van der Waals surface area contributed by atoms with Gasteiger partial charge in [0.25, 0.3) is 0 Å². The fourth-order valence-corrected chi connectivity index (χ4v) is 3.53. The quantitative estimate of drug-likeness (QED) is 0.605. The van der Waals surface area contributed by atoms with Gasteiger partial charge in [0.05, 0.1) is 0 Å². The molecular formula is C20H19ClN2OS. The van der Waals surface area contributed by atoms with Gasteiger partial charge < -0.3 is 5.32 Å². The SMILES string of the molecule is CCc1ccc(Cc2cnc(NC(=O)C(Cl)c3ccccc3)s2)cc1. The lowest BCUT2D eigenvalue weighted by atomic mass is 10.1. The van der Waals surface area contributed by atoms with E-state index in [1.54, 1.807) is 6.20 Å². The summed E-state index contributed by atoms with van der Waals surface area (Å²) in [5.74, 6) is -0.263. The largest absolute Gasteiger partial charge is 0.300 e. The molecule has 0 aliphatic carbocycles. The van der Waals surface area contributed by atoms with E-state index in [1.165, 1.54) is 22.5 Å². The van der Waals surface area contributed by atoms with Crippen molar-refractivity contribution < 1.29 is 4.79 Å². The highest BCUT2D eigenvalue weighted by Crippen LogP contribution is 2.25. The third kappa shape index (κ3) is 4.68. The number of nitrogens with one attached hydrogen (secondary N) is 1. The Hall–Kier alpha value is -2.17. The Balaban J connectivity index is 1.62. The zero-order valence-corrected chi connectivity index (χ0v) is 15.5. The number of anilines is 1. The molecule has 0 saturated heterocycles. The standard InChI is InChI=1S/C20H19ClN2OS/c1-2-14-8-10-15(11-9-14)12-17-13-22-20(25-17)23-19(24)18(21)16-6-4-3-5-7-16/h3-11,13,18H,2,12H2,1H3,(H,22,23,24). The number of rotatable bonds is 6. The monoisotopic (exact) mass is 370 g/mol. The smallest absolute Gasteiger partial charge is 0.248 e. The Morgan fingerprint density at radius 3 is 2.48 bits per heavy atom. The summed E-state index contributed by atoms with van der Waals surface area (Å²) in [4.78, 5) is 17.7. The highest BCUT2D eigenvalue weighted by molar-refractivity contribution is 7.15. The minimum atomic E-state index is -0.727. The second-order valence-electron chi connectivity index (χ2n) is 5.74. The minimum absolute atomic E-state index is 0.263. The fraction of sp³-hybridized carbons (Fsp3) is 0.200. The van der Waals surface area contributed by atoms with E-state index in [1.807, 2.05) is 30.3 Å². The van der Waals surface area contributed by atoms with Crippen molar-refractivity contribution in [2.45, 2.75) is 25.1 Å². The second kappa shape index (κ2) is 8.28. The van der Waals surface area contributed by atoms with Crippen LogP contribution < -0.4 is 5.32 Å². The Morgan fingerprint density at radius 2 is 1.80 bits per heavy atom. The number of nitrogens with zero attached hydrogens (tertiary/aromatic N) is 1. The molecule has 25 heavy (non-hydrogen) atoms. The average Bonchev–Trinajstić information content (AvgIpc) is 3.09. The molecule has 1 unspecified atom stereocenters. The van der Waals surface area contributed by atoms with E-state index in [-0.39, 0.29) is 5.91 Å². The summed E-state index contributed by atoms with van der Waals surface area (Å²) in [6.07, 6.45) is 3.65. The molecule has 0 aliphatic rings. The molecule has 5 heteroatoms. The molecule has 0 spiro atoms. The van der Waals surface area contributed by atoms with Crippen LogP contribution in [0.2, 0.25) is 0 Å². The maximum Gasteiger partial charge on any atom is 0.248 e. The van der Waals surface area contributed by atoms with Crippen LogP contribution in [0.15, 0.2) is 60.8 Å². The first kappa shape index (κ1) is 17.6. The van der Waals surface area contributed by atoms with Gasteiger partial charge in [0, 0.05) is 17.5 Å². The molecule has 0 bridgehead atoms. The lowest BCUT2D eigenvalue weighted by Gasteiger charge is -2.08. The van der Waals surface area contributed by atoms with Crippen LogP contribution in [0, 0.1) is 0 Å². The van der Waals surface area contributed by atoms with Gasteiger partial charge in [-0.3, -0.25) is 4.79 Å². The van der Waals surface area contributed by atoms with Crippen molar-refractivity contribution >= 4 is 34.0 Å². The molecule has 0 saturated carbocycles. The van der Waals surface area contributed by atoms with Gasteiger partial charge in [-0.1, -0.05) is 61.5 Å². The predicted molar refractivity (Wildman–Crippen MR) is 104 cm³/mol. The van der Waals surface area contributed by atoms with Crippen LogP contribution in [0.5, 0.6) is 0 Å². The molecule has 0 aliphatic heterocycles. The van der Waals surface area contributed by atoms with E-state index in [9.17, 15) is 4.79 Å². The summed E-state index contributed by atoms with van der Waals surface area (Å²) in [7, 11) is 0. The summed E-state index contributed by atoms with van der Waals surface area (Å²) < 4.78 is 0. The molecule has 1 aromatic heterocycles. The average molecular weight is 371 g/mol. The summed E-state index contributed by atoms with van der Waals surface area (Å²) >= 11 is 7.71. The number of aryl methyl sites for hydroxylation is 1. The van der Waals surface area contributed by atoms with Gasteiger partial charge in [-0.25, -0.2) is 4.98 Å². The molecule has 2 aromatic carbocycles. The number of aromatic nitrogens is 1. The number of carbonyl (C=O) groups excluding carboxylic acids is 1. The molecule has 1 N–H and O–H groups in total. The first-order valence-corrected chi connectivity index (χ1v) is 9.43. The van der Waals surface area contributed by atoms with Crippen LogP contribution in [0.3, 0.4) is 0 Å². The van der Waals surface area contributed by atoms with Crippen molar-refractivity contribution in [1.82, 2.24) is 4.98 Å². The van der Waals surface area contributed by atoms with Crippen LogP contribution in [0.1, 0.15) is 33.9 Å². The molecule has 0 radical (unpaired) electrons. The topological polar surface area (TPSA) is 42.0 Å². The molecule has 3 rings (SSSR count). The summed E-state index contributed by atoms with van der Waals surface area (Å²) in [5, 5.41) is 2.65. The Labute approximate surface area is 156 Å². The Kier molecular flexibility index (Phi) is 5.84. The first-order valence-electron chi connectivity index (χ1n) is 8.18. The molecule has 0 fully saturated rings. The van der Waals surface area contributed by atoms with Gasteiger partial charge in [-0.2, -0.15) is 0 Å². The van der Waals surface area contributed by atoms with E-state index in [0.717, 1.165) is 23.3 Å². The van der Waals surface area contributed by atoms with Crippen molar-refractivity contribution in [2.75, 3.05) is 5.32 Å². The van der Waals surface area contributed by atoms with Crippen molar-refractivity contribution in [3.05, 3.63) is 82.4 Å².